The summed E-state index contributed by atoms with van der Waals surface area (Å²) in [6.07, 6.45) is 5.08. The van der Waals surface area contributed by atoms with E-state index >= 15 is 0 Å². The van der Waals surface area contributed by atoms with Gasteiger partial charge in [-0.3, -0.25) is 4.79 Å². The number of nitrogens with zero attached hydrogens (tertiary/aromatic N) is 2. The van der Waals surface area contributed by atoms with Crippen molar-refractivity contribution >= 4 is 22.8 Å². The second-order valence-corrected chi connectivity index (χ2v) is 3.23. The van der Waals surface area contributed by atoms with Crippen molar-refractivity contribution in [2.24, 2.45) is 0 Å². The molecule has 0 spiro atoms. The van der Waals surface area contributed by atoms with Crippen LogP contribution in [0.1, 0.15) is 0 Å². The predicted octanol–water partition coefficient (Wildman–Crippen LogP) is 1.04. The van der Waals surface area contributed by atoms with E-state index in [1.165, 1.54) is 17.8 Å². The largest absolute Gasteiger partial charge is 0.358 e. The zero-order valence-corrected chi connectivity index (χ0v) is 7.76. The van der Waals surface area contributed by atoms with E-state index in [2.05, 4.69) is 15.0 Å². The van der Waals surface area contributed by atoms with Crippen LogP contribution in [-0.4, -0.2) is 21.2 Å². The third-order valence-electron chi connectivity index (χ3n) is 1.66. The van der Waals surface area contributed by atoms with Gasteiger partial charge < -0.3 is 4.98 Å². The third kappa shape index (κ3) is 1.42. The van der Waals surface area contributed by atoms with Crippen molar-refractivity contribution in [3.8, 4) is 0 Å². The first-order valence-electron chi connectivity index (χ1n) is 3.69. The van der Waals surface area contributed by atoms with E-state index in [1.54, 1.807) is 12.4 Å². The molecule has 0 radical (unpaired) electrons. The lowest BCUT2D eigenvalue weighted by Gasteiger charge is -1.96. The van der Waals surface area contributed by atoms with Gasteiger partial charge in [0.2, 0.25) is 5.43 Å². The molecule has 13 heavy (non-hydrogen) atoms. The minimum Gasteiger partial charge on any atom is -0.358 e. The molecule has 0 aliphatic carbocycles. The van der Waals surface area contributed by atoms with Gasteiger partial charge in [0.25, 0.3) is 0 Å². The van der Waals surface area contributed by atoms with E-state index in [1.807, 2.05) is 6.26 Å². The van der Waals surface area contributed by atoms with E-state index in [9.17, 15) is 4.79 Å². The fourth-order valence-electron chi connectivity index (χ4n) is 1.04. The summed E-state index contributed by atoms with van der Waals surface area (Å²) < 4.78 is 0. The van der Waals surface area contributed by atoms with Crippen LogP contribution in [0.2, 0.25) is 0 Å². The number of hydrogen-bond acceptors (Lipinski definition) is 4. The summed E-state index contributed by atoms with van der Waals surface area (Å²) in [7, 11) is 0. The number of aromatic nitrogens is 3. The molecule has 0 atom stereocenters. The Hall–Kier alpha value is -1.36. The maximum absolute atomic E-state index is 11.3. The van der Waals surface area contributed by atoms with Gasteiger partial charge in [-0.2, -0.15) is 0 Å². The first-order chi connectivity index (χ1) is 6.31. The van der Waals surface area contributed by atoms with Crippen molar-refractivity contribution in [2.45, 2.75) is 5.16 Å². The highest BCUT2D eigenvalue weighted by Crippen LogP contribution is 2.09. The molecule has 2 heterocycles. The maximum atomic E-state index is 11.3. The number of H-pyrrole nitrogens is 1. The van der Waals surface area contributed by atoms with Crippen molar-refractivity contribution in [2.75, 3.05) is 6.26 Å². The molecule has 2 aromatic rings. The fourth-order valence-corrected chi connectivity index (χ4v) is 1.38. The molecule has 0 fully saturated rings. The summed E-state index contributed by atoms with van der Waals surface area (Å²) >= 11 is 1.42. The van der Waals surface area contributed by atoms with Crippen molar-refractivity contribution in [3.05, 3.63) is 28.7 Å². The average molecular weight is 193 g/mol. The summed E-state index contributed by atoms with van der Waals surface area (Å²) in [5.74, 6) is 0. The van der Waals surface area contributed by atoms with E-state index in [-0.39, 0.29) is 5.43 Å². The number of fused-ring (bicyclic) bond motifs is 1. The van der Waals surface area contributed by atoms with E-state index < -0.39 is 0 Å². The number of rotatable bonds is 1. The Kier molecular flexibility index (Phi) is 2.02. The van der Waals surface area contributed by atoms with Crippen LogP contribution in [0.4, 0.5) is 0 Å². The van der Waals surface area contributed by atoms with Crippen LogP contribution < -0.4 is 5.43 Å². The molecule has 0 saturated heterocycles. The lowest BCUT2D eigenvalue weighted by atomic mass is 10.4. The summed E-state index contributed by atoms with van der Waals surface area (Å²) in [5.41, 5.74) is 1.04. The molecule has 66 valence electrons. The topological polar surface area (TPSA) is 58.6 Å². The van der Waals surface area contributed by atoms with E-state index in [0.717, 1.165) is 0 Å². The van der Waals surface area contributed by atoms with E-state index in [0.29, 0.717) is 16.2 Å². The molecular weight excluding hydrogens is 186 g/mol. The molecule has 0 amide bonds. The van der Waals surface area contributed by atoms with Gasteiger partial charge in [-0.05, 0) is 6.26 Å². The molecule has 0 aliphatic heterocycles. The Morgan fingerprint density at radius 1 is 1.54 bits per heavy atom. The summed E-state index contributed by atoms with van der Waals surface area (Å²) in [6.45, 7) is 0. The van der Waals surface area contributed by atoms with Gasteiger partial charge >= 0.3 is 0 Å². The molecular formula is C8H7N3OS. The SMILES string of the molecule is CSc1ncc2[nH]ccc(=O)c2n1. The second-order valence-electron chi connectivity index (χ2n) is 2.46. The van der Waals surface area contributed by atoms with Crippen LogP contribution in [0.15, 0.2) is 28.4 Å². The van der Waals surface area contributed by atoms with Crippen molar-refractivity contribution in [3.63, 3.8) is 0 Å². The van der Waals surface area contributed by atoms with Gasteiger partial charge in [0.1, 0.15) is 5.52 Å². The molecule has 0 saturated carbocycles. The standard InChI is InChI=1S/C8H7N3OS/c1-13-8-10-4-5-7(11-8)6(12)2-3-9-5/h2-4H,1H3,(H,9,12). The van der Waals surface area contributed by atoms with Gasteiger partial charge in [-0.25, -0.2) is 9.97 Å². The smallest absolute Gasteiger partial charge is 0.207 e. The lowest BCUT2D eigenvalue weighted by molar-refractivity contribution is 0.997. The Morgan fingerprint density at radius 3 is 3.15 bits per heavy atom. The average Bonchev–Trinajstić information content (AvgIpc) is 2.18. The lowest BCUT2D eigenvalue weighted by Crippen LogP contribution is -2.03. The third-order valence-corrected chi connectivity index (χ3v) is 2.22. The summed E-state index contributed by atoms with van der Waals surface area (Å²) in [6, 6.07) is 1.46. The fraction of sp³-hybridized carbons (Fsp3) is 0.125. The first-order valence-corrected chi connectivity index (χ1v) is 4.92. The van der Waals surface area contributed by atoms with Crippen LogP contribution in [0.5, 0.6) is 0 Å². The Bertz CT molecular complexity index is 494. The van der Waals surface area contributed by atoms with Crippen molar-refractivity contribution in [1.29, 1.82) is 0 Å². The monoisotopic (exact) mass is 193 g/mol. The zero-order valence-electron chi connectivity index (χ0n) is 6.94. The van der Waals surface area contributed by atoms with Crippen LogP contribution in [0.25, 0.3) is 11.0 Å². The molecule has 0 aliphatic rings. The van der Waals surface area contributed by atoms with Gasteiger partial charge in [-0.15, -0.1) is 0 Å². The predicted molar refractivity (Wildman–Crippen MR) is 51.9 cm³/mol. The molecule has 0 bridgehead atoms. The molecule has 0 unspecified atom stereocenters. The summed E-state index contributed by atoms with van der Waals surface area (Å²) in [4.78, 5) is 22.4. The molecule has 1 N–H and O–H groups in total. The molecule has 5 heteroatoms. The van der Waals surface area contributed by atoms with Gasteiger partial charge in [-0.1, -0.05) is 11.8 Å². The van der Waals surface area contributed by atoms with Gasteiger partial charge in [0.05, 0.1) is 11.7 Å². The number of pyridine rings is 1. The molecule has 2 rings (SSSR count). The maximum Gasteiger partial charge on any atom is 0.207 e. The van der Waals surface area contributed by atoms with Gasteiger partial charge in [0, 0.05) is 12.3 Å². The zero-order chi connectivity index (χ0) is 9.26. The Balaban J connectivity index is 2.82. The second kappa shape index (κ2) is 3.18. The van der Waals surface area contributed by atoms with Crippen molar-refractivity contribution < 1.29 is 0 Å². The Labute approximate surface area is 78.4 Å². The van der Waals surface area contributed by atoms with E-state index in [4.69, 9.17) is 0 Å². The summed E-state index contributed by atoms with van der Waals surface area (Å²) in [5, 5.41) is 0.615. The number of aromatic amines is 1. The normalized spacial score (nSPS) is 10.5. The minimum absolute atomic E-state index is 0.0774. The molecule has 2 aromatic heterocycles. The number of nitrogens with one attached hydrogen (secondary N) is 1. The van der Waals surface area contributed by atoms with Crippen LogP contribution >= 0.6 is 11.8 Å². The minimum atomic E-state index is -0.0774. The van der Waals surface area contributed by atoms with Crippen LogP contribution in [-0.2, 0) is 0 Å². The van der Waals surface area contributed by atoms with Crippen LogP contribution in [0.3, 0.4) is 0 Å². The quantitative estimate of drug-likeness (QED) is 0.543. The number of hydrogen-bond donors (Lipinski definition) is 1. The molecule has 0 aromatic carbocycles. The van der Waals surface area contributed by atoms with Gasteiger partial charge in [0.15, 0.2) is 5.16 Å². The first kappa shape index (κ1) is 8.25. The van der Waals surface area contributed by atoms with Crippen molar-refractivity contribution in [1.82, 2.24) is 15.0 Å². The van der Waals surface area contributed by atoms with Crippen LogP contribution in [0, 0.1) is 0 Å². The number of thioether (sulfide) groups is 1. The highest BCUT2D eigenvalue weighted by molar-refractivity contribution is 7.98. The highest BCUT2D eigenvalue weighted by Gasteiger charge is 2.01. The Morgan fingerprint density at radius 2 is 2.38 bits per heavy atom. The highest BCUT2D eigenvalue weighted by atomic mass is 32.2. The molecule has 4 nitrogen and oxygen atoms in total.